The molecule has 0 rings (SSSR count). The minimum absolute atomic E-state index is 0. The molecule has 0 nitrogen and oxygen atoms in total. The van der Waals surface area contributed by atoms with Crippen molar-refractivity contribution in [2.24, 2.45) is 0 Å². The molecule has 0 unspecified atom stereocenters. The monoisotopic (exact) mass is 288 g/mol. The van der Waals surface area contributed by atoms with E-state index < -0.39 is 0 Å². The largest absolute Gasteiger partial charge is 0 e. The summed E-state index contributed by atoms with van der Waals surface area (Å²) in [6, 6.07) is 0. The van der Waals surface area contributed by atoms with Gasteiger partial charge in [0.1, 0.15) is 0 Å². The average molecular weight is 289 g/mol. The van der Waals surface area contributed by atoms with E-state index in [9.17, 15) is 0 Å². The van der Waals surface area contributed by atoms with E-state index >= 15 is 0 Å². The summed E-state index contributed by atoms with van der Waals surface area (Å²) < 4.78 is 0. The summed E-state index contributed by atoms with van der Waals surface area (Å²) in [5, 5.41) is 0. The van der Waals surface area contributed by atoms with Gasteiger partial charge >= 0.3 is 0 Å². The first-order valence-electron chi connectivity index (χ1n) is 0. The molecule has 0 aliphatic carbocycles. The minimum Gasteiger partial charge on any atom is 0 e. The third-order valence-electron chi connectivity index (χ3n) is 0. The van der Waals surface area contributed by atoms with Gasteiger partial charge in [0.05, 0.1) is 0 Å². The zero-order valence-corrected chi connectivity index (χ0v) is 7.45. The predicted molar refractivity (Wildman–Crippen MR) is 5.75 cm³/mol. The van der Waals surface area contributed by atoms with Crippen LogP contribution in [0, 0.1) is 0 Å². The Hall–Kier alpha value is 2.65. The fourth-order valence-electron chi connectivity index (χ4n) is 0. The summed E-state index contributed by atoms with van der Waals surface area (Å²) in [5.74, 6) is 0. The molecule has 28 valence electrons. The molecule has 0 heterocycles. The molecule has 0 aliphatic rings. The number of hydrogen-bond acceptors (Lipinski definition) is 0. The fourth-order valence-corrected chi connectivity index (χ4v) is 0. The van der Waals surface area contributed by atoms with Crippen LogP contribution in [-0.4, -0.2) is 17.4 Å². The first-order valence-corrected chi connectivity index (χ1v) is 0. The normalized spacial score (nSPS) is 0. The van der Waals surface area contributed by atoms with Gasteiger partial charge in [-0.1, -0.05) is 0 Å². The van der Waals surface area contributed by atoms with Crippen molar-refractivity contribution in [3.8, 4) is 0 Å². The summed E-state index contributed by atoms with van der Waals surface area (Å²) in [7, 11) is 0. The van der Waals surface area contributed by atoms with Crippen LogP contribution in [0.2, 0.25) is 0 Å². The molecule has 0 N–H and O–H groups in total. The second-order valence-corrected chi connectivity index (χ2v) is 0. The van der Waals surface area contributed by atoms with Gasteiger partial charge in [-0.05, 0) is 0 Å². The molecule has 0 aromatic heterocycles. The Morgan fingerprint density at radius 2 is 1.00 bits per heavy atom. The Labute approximate surface area is 80.7 Å². The van der Waals surface area contributed by atoms with Crippen molar-refractivity contribution < 1.29 is 64.5 Å². The molecule has 0 saturated carbocycles. The SMILES string of the molecule is [Ag].[Al].[Pd].[Ti]. The molecule has 0 fully saturated rings. The average Bonchev–Trinajstić information content (AvgIpc) is 0. The van der Waals surface area contributed by atoms with Crippen LogP contribution in [0.1, 0.15) is 0 Å². The van der Waals surface area contributed by atoms with E-state index in [1.807, 2.05) is 0 Å². The summed E-state index contributed by atoms with van der Waals surface area (Å²) in [4.78, 5) is 0. The van der Waals surface area contributed by atoms with Crippen molar-refractivity contribution in [1.82, 2.24) is 0 Å². The van der Waals surface area contributed by atoms with Gasteiger partial charge in [0.2, 0.25) is 0 Å². The fraction of sp³-hybridized carbons (Fsp3) is 0. The summed E-state index contributed by atoms with van der Waals surface area (Å²) in [6.45, 7) is 0. The van der Waals surface area contributed by atoms with Crippen LogP contribution in [-0.2, 0) is 64.5 Å². The summed E-state index contributed by atoms with van der Waals surface area (Å²) in [5.41, 5.74) is 0. The maximum atomic E-state index is 0. The summed E-state index contributed by atoms with van der Waals surface area (Å²) in [6.07, 6.45) is 0. The molecule has 0 atom stereocenters. The molecule has 4 heavy (non-hydrogen) atoms. The Balaban J connectivity index is 0. The third-order valence-corrected chi connectivity index (χ3v) is 0. The molecule has 4 radical (unpaired) electrons. The van der Waals surface area contributed by atoms with E-state index in [4.69, 9.17) is 0 Å². The van der Waals surface area contributed by atoms with E-state index in [1.54, 1.807) is 0 Å². The number of rotatable bonds is 0. The molecule has 0 aromatic carbocycles. The van der Waals surface area contributed by atoms with E-state index in [0.29, 0.717) is 0 Å². The van der Waals surface area contributed by atoms with Crippen molar-refractivity contribution in [2.45, 2.75) is 0 Å². The molecule has 4 heteroatoms. The molecular weight excluding hydrogens is 289 g/mol. The zero-order chi connectivity index (χ0) is 0. The Bertz CT molecular complexity index is 8.00. The minimum atomic E-state index is 0. The number of hydrogen-bond donors (Lipinski definition) is 0. The van der Waals surface area contributed by atoms with Gasteiger partial charge in [-0.15, -0.1) is 0 Å². The molecule has 0 aromatic rings. The van der Waals surface area contributed by atoms with E-state index in [2.05, 4.69) is 0 Å². The molecular formula is AgAlPdTi. The topological polar surface area (TPSA) is 0 Å². The second-order valence-electron chi connectivity index (χ2n) is 0. The smallest absolute Gasteiger partial charge is 0 e. The van der Waals surface area contributed by atoms with Crippen LogP contribution >= 0.6 is 0 Å². The second kappa shape index (κ2) is 17.4. The van der Waals surface area contributed by atoms with Crippen molar-refractivity contribution in [3.63, 3.8) is 0 Å². The van der Waals surface area contributed by atoms with E-state index in [1.165, 1.54) is 0 Å². The quantitative estimate of drug-likeness (QED) is 0.533. The van der Waals surface area contributed by atoms with Gasteiger partial charge in [0.15, 0.2) is 0 Å². The van der Waals surface area contributed by atoms with Crippen LogP contribution in [0.15, 0.2) is 0 Å². The maximum Gasteiger partial charge on any atom is 0 e. The van der Waals surface area contributed by atoms with Crippen LogP contribution in [0.25, 0.3) is 0 Å². The zero-order valence-electron chi connectivity index (χ0n) is 1.70. The standard InChI is InChI=1S/Ag.Al.Pd.Ti. The van der Waals surface area contributed by atoms with Gasteiger partial charge in [-0.2, -0.15) is 0 Å². The predicted octanol–water partition coefficient (Wildman–Crippen LogP) is -0.388. The van der Waals surface area contributed by atoms with Crippen molar-refractivity contribution in [3.05, 3.63) is 0 Å². The van der Waals surface area contributed by atoms with Gasteiger partial charge < -0.3 is 0 Å². The van der Waals surface area contributed by atoms with Gasteiger partial charge in [0, 0.05) is 81.9 Å². The van der Waals surface area contributed by atoms with Crippen LogP contribution < -0.4 is 0 Å². The molecule has 0 amide bonds. The molecule has 0 aliphatic heterocycles. The van der Waals surface area contributed by atoms with Crippen molar-refractivity contribution in [2.75, 3.05) is 0 Å². The van der Waals surface area contributed by atoms with Crippen molar-refractivity contribution in [1.29, 1.82) is 0 Å². The Morgan fingerprint density at radius 1 is 1.00 bits per heavy atom. The first kappa shape index (κ1) is 30.2. The Kier molecular flexibility index (Phi) is 132. The van der Waals surface area contributed by atoms with Crippen LogP contribution in [0.4, 0.5) is 0 Å². The van der Waals surface area contributed by atoms with Crippen molar-refractivity contribution >= 4 is 17.4 Å². The van der Waals surface area contributed by atoms with Gasteiger partial charge in [-0.3, -0.25) is 0 Å². The van der Waals surface area contributed by atoms with Crippen LogP contribution in [0.3, 0.4) is 0 Å². The van der Waals surface area contributed by atoms with Gasteiger partial charge in [-0.25, -0.2) is 0 Å². The van der Waals surface area contributed by atoms with E-state index in [0.717, 1.165) is 0 Å². The molecule has 0 bridgehead atoms. The summed E-state index contributed by atoms with van der Waals surface area (Å²) >= 11 is 0. The van der Waals surface area contributed by atoms with Crippen LogP contribution in [0.5, 0.6) is 0 Å². The molecule has 0 spiro atoms. The maximum absolute atomic E-state index is 0. The van der Waals surface area contributed by atoms with Gasteiger partial charge in [0.25, 0.3) is 0 Å². The third kappa shape index (κ3) is 8.82. The first-order chi connectivity index (χ1) is 0. The Morgan fingerprint density at radius 3 is 1.00 bits per heavy atom. The molecule has 0 saturated heterocycles. The van der Waals surface area contributed by atoms with E-state index in [-0.39, 0.29) is 81.9 Å².